The summed E-state index contributed by atoms with van der Waals surface area (Å²) in [6, 6.07) is 4.33. The molecule has 4 nitrogen and oxygen atoms in total. The number of carboxylic acids is 1. The van der Waals surface area contributed by atoms with Crippen molar-refractivity contribution in [2.24, 2.45) is 0 Å². The lowest BCUT2D eigenvalue weighted by molar-refractivity contribution is -0.138. The number of aliphatic carboxylic acids is 1. The number of aromatic nitrogens is 1. The third-order valence-electron chi connectivity index (χ3n) is 2.25. The minimum atomic E-state index is -1.03. The Kier molecular flexibility index (Phi) is 2.15. The highest BCUT2D eigenvalue weighted by Gasteiger charge is 2.22. The van der Waals surface area contributed by atoms with Crippen molar-refractivity contribution in [2.45, 2.75) is 12.8 Å². The molecule has 0 fully saturated rings. The first-order valence-electron chi connectivity index (χ1n) is 4.38. The molecule has 0 aliphatic heterocycles. The van der Waals surface area contributed by atoms with Crippen molar-refractivity contribution in [1.82, 2.24) is 5.16 Å². The van der Waals surface area contributed by atoms with E-state index in [0.29, 0.717) is 5.39 Å². The molecule has 2 aromatic rings. The standard InChI is InChI=1S/C10H8FNO3/c1-5(10(13)14)9-6-3-2-4-7(11)8(6)12-15-9/h2-5H,1H3,(H,13,14). The second kappa shape index (κ2) is 3.34. The van der Waals surface area contributed by atoms with E-state index in [4.69, 9.17) is 9.63 Å². The highest BCUT2D eigenvalue weighted by atomic mass is 19.1. The molecule has 1 N–H and O–H groups in total. The van der Waals surface area contributed by atoms with Crippen LogP contribution < -0.4 is 0 Å². The van der Waals surface area contributed by atoms with Crippen LogP contribution in [0.2, 0.25) is 0 Å². The Morgan fingerprint density at radius 1 is 1.60 bits per heavy atom. The zero-order chi connectivity index (χ0) is 11.0. The van der Waals surface area contributed by atoms with Gasteiger partial charge in [-0.15, -0.1) is 0 Å². The fourth-order valence-electron chi connectivity index (χ4n) is 1.38. The number of carboxylic acid groups (broad SMARTS) is 1. The molecule has 0 saturated carbocycles. The Hall–Kier alpha value is -1.91. The summed E-state index contributed by atoms with van der Waals surface area (Å²) in [5.74, 6) is -2.20. The van der Waals surface area contributed by atoms with E-state index < -0.39 is 17.7 Å². The number of fused-ring (bicyclic) bond motifs is 1. The fraction of sp³-hybridized carbons (Fsp3) is 0.200. The van der Waals surface area contributed by atoms with Gasteiger partial charge in [0.05, 0.1) is 0 Å². The van der Waals surface area contributed by atoms with Crippen LogP contribution in [0.4, 0.5) is 4.39 Å². The molecule has 0 aliphatic carbocycles. The molecule has 0 bridgehead atoms. The van der Waals surface area contributed by atoms with Crippen LogP contribution in [-0.4, -0.2) is 16.2 Å². The van der Waals surface area contributed by atoms with Crippen LogP contribution in [0.1, 0.15) is 18.6 Å². The monoisotopic (exact) mass is 209 g/mol. The molecule has 1 heterocycles. The minimum absolute atomic E-state index is 0.0700. The van der Waals surface area contributed by atoms with Crippen LogP contribution in [-0.2, 0) is 4.79 Å². The van der Waals surface area contributed by atoms with Gasteiger partial charge in [-0.3, -0.25) is 4.79 Å². The maximum atomic E-state index is 13.2. The van der Waals surface area contributed by atoms with E-state index in [0.717, 1.165) is 0 Å². The first-order chi connectivity index (χ1) is 7.11. The van der Waals surface area contributed by atoms with Gasteiger partial charge < -0.3 is 9.63 Å². The Bertz CT molecular complexity index is 520. The molecule has 2 rings (SSSR count). The summed E-state index contributed by atoms with van der Waals surface area (Å²) >= 11 is 0. The van der Waals surface area contributed by atoms with Gasteiger partial charge in [0.2, 0.25) is 0 Å². The summed E-state index contributed by atoms with van der Waals surface area (Å²) in [6.45, 7) is 1.47. The number of carbonyl (C=O) groups is 1. The molecule has 1 atom stereocenters. The van der Waals surface area contributed by atoms with Crippen LogP contribution in [0.5, 0.6) is 0 Å². The van der Waals surface area contributed by atoms with E-state index in [1.54, 1.807) is 6.07 Å². The average molecular weight is 209 g/mol. The van der Waals surface area contributed by atoms with E-state index >= 15 is 0 Å². The van der Waals surface area contributed by atoms with Crippen molar-refractivity contribution in [3.05, 3.63) is 29.8 Å². The van der Waals surface area contributed by atoms with Crippen molar-refractivity contribution >= 4 is 16.9 Å². The number of hydrogen-bond donors (Lipinski definition) is 1. The van der Waals surface area contributed by atoms with E-state index in [1.807, 2.05) is 0 Å². The van der Waals surface area contributed by atoms with E-state index in [1.165, 1.54) is 19.1 Å². The van der Waals surface area contributed by atoms with Crippen molar-refractivity contribution in [2.75, 3.05) is 0 Å². The highest BCUT2D eigenvalue weighted by molar-refractivity contribution is 5.86. The number of rotatable bonds is 2. The second-order valence-corrected chi connectivity index (χ2v) is 3.24. The number of benzene rings is 1. The third kappa shape index (κ3) is 1.45. The number of hydrogen-bond acceptors (Lipinski definition) is 3. The smallest absolute Gasteiger partial charge is 0.314 e. The molecule has 0 saturated heterocycles. The van der Waals surface area contributed by atoms with Gasteiger partial charge in [-0.05, 0) is 19.1 Å². The number of nitrogens with zero attached hydrogens (tertiary/aromatic N) is 1. The van der Waals surface area contributed by atoms with Crippen molar-refractivity contribution in [3.8, 4) is 0 Å². The van der Waals surface area contributed by atoms with Gasteiger partial charge in [0.25, 0.3) is 0 Å². The normalized spacial score (nSPS) is 12.9. The largest absolute Gasteiger partial charge is 0.481 e. The third-order valence-corrected chi connectivity index (χ3v) is 2.25. The Morgan fingerprint density at radius 3 is 3.00 bits per heavy atom. The van der Waals surface area contributed by atoms with Gasteiger partial charge in [-0.2, -0.15) is 0 Å². The van der Waals surface area contributed by atoms with Crippen LogP contribution in [0, 0.1) is 5.82 Å². The lowest BCUT2D eigenvalue weighted by Gasteiger charge is -2.00. The average Bonchev–Trinajstić information content (AvgIpc) is 2.61. The van der Waals surface area contributed by atoms with Gasteiger partial charge in [0, 0.05) is 5.39 Å². The Labute approximate surface area is 84.3 Å². The Morgan fingerprint density at radius 2 is 2.33 bits per heavy atom. The molecule has 1 unspecified atom stereocenters. The van der Waals surface area contributed by atoms with E-state index in [-0.39, 0.29) is 11.3 Å². The SMILES string of the molecule is CC(C(=O)O)c1onc2c(F)cccc12. The lowest BCUT2D eigenvalue weighted by atomic mass is 10.1. The summed E-state index contributed by atoms with van der Waals surface area (Å²) < 4.78 is 18.0. The van der Waals surface area contributed by atoms with Crippen LogP contribution in [0.25, 0.3) is 10.9 Å². The molecular weight excluding hydrogens is 201 g/mol. The molecule has 1 aromatic heterocycles. The molecule has 0 radical (unpaired) electrons. The van der Waals surface area contributed by atoms with Gasteiger partial charge in [0.1, 0.15) is 11.4 Å². The second-order valence-electron chi connectivity index (χ2n) is 3.24. The Balaban J connectivity index is 2.64. The summed E-state index contributed by atoms with van der Waals surface area (Å²) in [5, 5.41) is 12.7. The molecule has 1 aromatic carbocycles. The molecule has 0 amide bonds. The summed E-state index contributed by atoms with van der Waals surface area (Å²) in [6.07, 6.45) is 0. The van der Waals surface area contributed by atoms with Crippen LogP contribution >= 0.6 is 0 Å². The van der Waals surface area contributed by atoms with Gasteiger partial charge in [0.15, 0.2) is 11.6 Å². The van der Waals surface area contributed by atoms with Crippen molar-refractivity contribution in [3.63, 3.8) is 0 Å². The zero-order valence-electron chi connectivity index (χ0n) is 7.90. The van der Waals surface area contributed by atoms with Crippen LogP contribution in [0.15, 0.2) is 22.7 Å². The highest BCUT2D eigenvalue weighted by Crippen LogP contribution is 2.26. The summed E-state index contributed by atoms with van der Waals surface area (Å²) in [4.78, 5) is 10.7. The minimum Gasteiger partial charge on any atom is -0.481 e. The molecule has 0 spiro atoms. The van der Waals surface area contributed by atoms with Gasteiger partial charge in [-0.1, -0.05) is 11.2 Å². The molecule has 78 valence electrons. The molecule has 15 heavy (non-hydrogen) atoms. The predicted molar refractivity (Wildman–Crippen MR) is 50.0 cm³/mol. The summed E-state index contributed by atoms with van der Waals surface area (Å²) in [5.41, 5.74) is 0.0700. The van der Waals surface area contributed by atoms with Crippen molar-refractivity contribution < 1.29 is 18.8 Å². The fourth-order valence-corrected chi connectivity index (χ4v) is 1.38. The predicted octanol–water partition coefficient (Wildman–Crippen LogP) is 2.16. The van der Waals surface area contributed by atoms with Gasteiger partial charge in [-0.25, -0.2) is 4.39 Å². The van der Waals surface area contributed by atoms with Gasteiger partial charge >= 0.3 is 5.97 Å². The van der Waals surface area contributed by atoms with Crippen molar-refractivity contribution in [1.29, 1.82) is 0 Å². The van der Waals surface area contributed by atoms with Crippen LogP contribution in [0.3, 0.4) is 0 Å². The first kappa shape index (κ1) is 9.64. The topological polar surface area (TPSA) is 63.3 Å². The van der Waals surface area contributed by atoms with E-state index in [9.17, 15) is 9.18 Å². The zero-order valence-corrected chi connectivity index (χ0v) is 7.90. The lowest BCUT2D eigenvalue weighted by Crippen LogP contribution is -2.06. The summed E-state index contributed by atoms with van der Waals surface area (Å²) in [7, 11) is 0. The maximum absolute atomic E-state index is 13.2. The number of halogens is 1. The molecule has 0 aliphatic rings. The molecule has 5 heteroatoms. The maximum Gasteiger partial charge on any atom is 0.314 e. The first-order valence-corrected chi connectivity index (χ1v) is 4.38. The molecular formula is C10H8FNO3. The van der Waals surface area contributed by atoms with E-state index in [2.05, 4.69) is 5.16 Å². The quantitative estimate of drug-likeness (QED) is 0.823.